The van der Waals surface area contributed by atoms with Gasteiger partial charge in [0.15, 0.2) is 0 Å². The first-order valence-electron chi connectivity index (χ1n) is 8.84. The molecule has 0 aromatic heterocycles. The van der Waals surface area contributed by atoms with Crippen LogP contribution in [0.4, 0.5) is 0 Å². The highest BCUT2D eigenvalue weighted by molar-refractivity contribution is 9.10. The van der Waals surface area contributed by atoms with Crippen LogP contribution in [0.5, 0.6) is 5.75 Å². The van der Waals surface area contributed by atoms with Crippen LogP contribution in [-0.2, 0) is 0 Å². The molecule has 30 heavy (non-hydrogen) atoms. The third-order valence-corrected chi connectivity index (χ3v) is 4.40. The van der Waals surface area contributed by atoms with E-state index in [-0.39, 0.29) is 17.6 Å². The maximum Gasteiger partial charge on any atom is 0.271 e. The van der Waals surface area contributed by atoms with Crippen LogP contribution in [0.1, 0.15) is 31.8 Å². The molecule has 0 saturated heterocycles. The van der Waals surface area contributed by atoms with Crippen LogP contribution >= 0.6 is 15.9 Å². The lowest BCUT2D eigenvalue weighted by molar-refractivity contribution is 0.0947. The molecule has 0 heterocycles. The van der Waals surface area contributed by atoms with Crippen LogP contribution in [0.15, 0.2) is 87.5 Å². The molecule has 3 aromatic carbocycles. The topological polar surface area (TPSA) is 103 Å². The molecule has 3 aromatic rings. The number of hydrazone groups is 2. The summed E-state index contributed by atoms with van der Waals surface area (Å²) in [5.41, 5.74) is 6.45. The maximum absolute atomic E-state index is 12.0. The molecule has 0 unspecified atom stereocenters. The lowest BCUT2D eigenvalue weighted by Crippen LogP contribution is -2.17. The molecule has 0 aliphatic heterocycles. The number of nitrogens with zero attached hydrogens (tertiary/aromatic N) is 2. The molecular weight excluding hydrogens is 448 g/mol. The van der Waals surface area contributed by atoms with E-state index in [0.29, 0.717) is 26.7 Å². The summed E-state index contributed by atoms with van der Waals surface area (Å²) in [6, 6.07) is 20.6. The average Bonchev–Trinajstić information content (AvgIpc) is 2.77. The molecule has 0 aliphatic carbocycles. The van der Waals surface area contributed by atoms with Gasteiger partial charge in [-0.15, -0.1) is 0 Å². The number of rotatable bonds is 6. The molecule has 3 rings (SSSR count). The highest BCUT2D eigenvalue weighted by Crippen LogP contribution is 2.25. The zero-order valence-electron chi connectivity index (χ0n) is 15.6. The first-order chi connectivity index (χ1) is 14.5. The Morgan fingerprint density at radius 3 is 1.57 bits per heavy atom. The lowest BCUT2D eigenvalue weighted by Gasteiger charge is -2.05. The summed E-state index contributed by atoms with van der Waals surface area (Å²) in [5, 5.41) is 18.2. The van der Waals surface area contributed by atoms with Gasteiger partial charge in [-0.3, -0.25) is 9.59 Å². The zero-order chi connectivity index (χ0) is 21.3. The fourth-order valence-corrected chi connectivity index (χ4v) is 2.96. The van der Waals surface area contributed by atoms with Gasteiger partial charge in [-0.05, 0) is 36.4 Å². The van der Waals surface area contributed by atoms with Crippen molar-refractivity contribution in [3.8, 4) is 5.75 Å². The van der Waals surface area contributed by atoms with Crippen molar-refractivity contribution in [3.05, 3.63) is 99.5 Å². The van der Waals surface area contributed by atoms with Crippen LogP contribution in [-0.4, -0.2) is 29.4 Å². The number of amides is 2. The molecule has 0 aliphatic rings. The number of benzene rings is 3. The van der Waals surface area contributed by atoms with Crippen molar-refractivity contribution in [2.24, 2.45) is 10.2 Å². The second-order valence-corrected chi connectivity index (χ2v) is 6.98. The van der Waals surface area contributed by atoms with E-state index in [1.54, 1.807) is 60.7 Å². The van der Waals surface area contributed by atoms with Gasteiger partial charge in [0, 0.05) is 26.7 Å². The highest BCUT2D eigenvalue weighted by atomic mass is 79.9. The van der Waals surface area contributed by atoms with Gasteiger partial charge >= 0.3 is 0 Å². The summed E-state index contributed by atoms with van der Waals surface area (Å²) in [6.45, 7) is 0. The Morgan fingerprint density at radius 2 is 1.17 bits per heavy atom. The Hall–Kier alpha value is -3.78. The minimum atomic E-state index is -0.369. The molecule has 0 bridgehead atoms. The fraction of sp³-hybridized carbons (Fsp3) is 0. The number of phenolic OH excluding ortho intramolecular Hbond substituents is 1. The number of aromatic hydroxyl groups is 1. The molecule has 0 spiro atoms. The second-order valence-electron chi connectivity index (χ2n) is 6.06. The van der Waals surface area contributed by atoms with Gasteiger partial charge < -0.3 is 5.11 Å². The zero-order valence-corrected chi connectivity index (χ0v) is 17.2. The van der Waals surface area contributed by atoms with Crippen LogP contribution in [0, 0.1) is 0 Å². The maximum atomic E-state index is 12.0. The van der Waals surface area contributed by atoms with Gasteiger partial charge in [-0.25, -0.2) is 10.9 Å². The first kappa shape index (κ1) is 20.9. The van der Waals surface area contributed by atoms with Crippen molar-refractivity contribution in [1.82, 2.24) is 10.9 Å². The number of hydrogen-bond donors (Lipinski definition) is 3. The molecule has 2 amide bonds. The minimum absolute atomic E-state index is 0.103. The Kier molecular flexibility index (Phi) is 7.07. The highest BCUT2D eigenvalue weighted by Gasteiger charge is 2.08. The number of carbonyl (C=O) groups excluding carboxylic acids is 2. The van der Waals surface area contributed by atoms with Crippen LogP contribution < -0.4 is 10.9 Å². The summed E-state index contributed by atoms with van der Waals surface area (Å²) >= 11 is 3.35. The van der Waals surface area contributed by atoms with E-state index in [4.69, 9.17) is 0 Å². The first-order valence-corrected chi connectivity index (χ1v) is 9.63. The van der Waals surface area contributed by atoms with E-state index < -0.39 is 0 Å². The number of carbonyl (C=O) groups is 2. The number of halogens is 1. The number of phenols is 1. The normalized spacial score (nSPS) is 11.0. The van der Waals surface area contributed by atoms with Crippen molar-refractivity contribution in [2.75, 3.05) is 0 Å². The third kappa shape index (κ3) is 5.62. The molecule has 8 heteroatoms. The molecule has 0 fully saturated rings. The number of nitrogens with one attached hydrogen (secondary N) is 2. The Labute approximate surface area is 181 Å². The van der Waals surface area contributed by atoms with Crippen LogP contribution in [0.25, 0.3) is 0 Å². The van der Waals surface area contributed by atoms with E-state index in [2.05, 4.69) is 37.0 Å². The fourth-order valence-electron chi connectivity index (χ4n) is 2.47. The van der Waals surface area contributed by atoms with Gasteiger partial charge in [0.2, 0.25) is 0 Å². The minimum Gasteiger partial charge on any atom is -0.507 e. The van der Waals surface area contributed by atoms with E-state index in [9.17, 15) is 14.7 Å². The van der Waals surface area contributed by atoms with Crippen LogP contribution in [0.3, 0.4) is 0 Å². The molecule has 0 saturated carbocycles. The quantitative estimate of drug-likeness (QED) is 0.382. The molecular formula is C22H17BrN4O3. The van der Waals surface area contributed by atoms with E-state index in [0.717, 1.165) is 0 Å². The summed E-state index contributed by atoms with van der Waals surface area (Å²) in [6.07, 6.45) is 2.64. The summed E-state index contributed by atoms with van der Waals surface area (Å²) in [5.74, 6) is -0.841. The standard InChI is InChI=1S/C22H17BrN4O3/c23-19-11-17(13-24-26-21(29)15-7-3-1-4-8-15)20(28)18(12-19)14-25-27-22(30)16-9-5-2-6-10-16/h1-14,28H,(H,26,29)(H,27,30)/b24-13+,25-14+. The Balaban J connectivity index is 1.68. The molecule has 3 N–H and O–H groups in total. The number of hydrogen-bond acceptors (Lipinski definition) is 5. The van der Waals surface area contributed by atoms with Gasteiger partial charge in [0.05, 0.1) is 12.4 Å². The molecule has 7 nitrogen and oxygen atoms in total. The predicted octanol–water partition coefficient (Wildman–Crippen LogP) is 3.68. The van der Waals surface area contributed by atoms with Crippen molar-refractivity contribution < 1.29 is 14.7 Å². The summed E-state index contributed by atoms with van der Waals surface area (Å²) < 4.78 is 0.659. The average molecular weight is 465 g/mol. The summed E-state index contributed by atoms with van der Waals surface area (Å²) in [4.78, 5) is 24.0. The smallest absolute Gasteiger partial charge is 0.271 e. The van der Waals surface area contributed by atoms with Gasteiger partial charge in [0.25, 0.3) is 11.8 Å². The van der Waals surface area contributed by atoms with Crippen LogP contribution in [0.2, 0.25) is 0 Å². The largest absolute Gasteiger partial charge is 0.507 e. The molecule has 0 atom stereocenters. The van der Waals surface area contributed by atoms with Crippen molar-refractivity contribution in [1.29, 1.82) is 0 Å². The third-order valence-electron chi connectivity index (χ3n) is 3.95. The molecule has 150 valence electrons. The van der Waals surface area contributed by atoms with Gasteiger partial charge in [-0.1, -0.05) is 52.3 Å². The van der Waals surface area contributed by atoms with E-state index in [1.165, 1.54) is 12.4 Å². The van der Waals surface area contributed by atoms with E-state index in [1.807, 2.05) is 12.1 Å². The van der Waals surface area contributed by atoms with Crippen molar-refractivity contribution in [2.45, 2.75) is 0 Å². The second kappa shape index (κ2) is 10.1. The monoisotopic (exact) mass is 464 g/mol. The predicted molar refractivity (Wildman–Crippen MR) is 119 cm³/mol. The van der Waals surface area contributed by atoms with E-state index >= 15 is 0 Å². The lowest BCUT2D eigenvalue weighted by atomic mass is 10.1. The molecule has 0 radical (unpaired) electrons. The van der Waals surface area contributed by atoms with Gasteiger partial charge in [0.1, 0.15) is 5.75 Å². The van der Waals surface area contributed by atoms with Gasteiger partial charge in [-0.2, -0.15) is 10.2 Å². The Bertz CT molecular complexity index is 1020. The SMILES string of the molecule is O=C(N/N=C/c1cc(Br)cc(/C=N/NC(=O)c2ccccc2)c1O)c1ccccc1. The van der Waals surface area contributed by atoms with Crippen molar-refractivity contribution in [3.63, 3.8) is 0 Å². The Morgan fingerprint density at radius 1 is 0.767 bits per heavy atom. The van der Waals surface area contributed by atoms with Crippen molar-refractivity contribution >= 4 is 40.2 Å². The summed E-state index contributed by atoms with van der Waals surface area (Å²) in [7, 11) is 0.